The predicted octanol–water partition coefficient (Wildman–Crippen LogP) is 0.950. The third-order valence-corrected chi connectivity index (χ3v) is 3.15. The number of aliphatic hydroxyl groups excluding tert-OH is 2. The number of benzene rings is 1. The van der Waals surface area contributed by atoms with Crippen molar-refractivity contribution in [2.24, 2.45) is 0 Å². The van der Waals surface area contributed by atoms with Crippen LogP contribution < -0.4 is 4.74 Å². The van der Waals surface area contributed by atoms with Crippen molar-refractivity contribution in [1.29, 1.82) is 0 Å². The lowest BCUT2D eigenvalue weighted by Crippen LogP contribution is -2.38. The van der Waals surface area contributed by atoms with Gasteiger partial charge in [-0.25, -0.2) is 0 Å². The second-order valence-corrected chi connectivity index (χ2v) is 4.90. The van der Waals surface area contributed by atoms with Gasteiger partial charge in [-0.3, -0.25) is 4.79 Å². The van der Waals surface area contributed by atoms with E-state index < -0.39 is 0 Å². The number of halogens is 1. The highest BCUT2D eigenvalue weighted by Crippen LogP contribution is 2.25. The number of ether oxygens (including phenoxy) is 1. The molecule has 0 heterocycles. The van der Waals surface area contributed by atoms with Gasteiger partial charge in [-0.05, 0) is 40.5 Å². The summed E-state index contributed by atoms with van der Waals surface area (Å²) in [5.41, 5.74) is 1.09. The van der Waals surface area contributed by atoms with Crippen LogP contribution in [0, 0.1) is 6.92 Å². The minimum Gasteiger partial charge on any atom is -0.483 e. The van der Waals surface area contributed by atoms with Crippen molar-refractivity contribution >= 4 is 21.8 Å². The minimum atomic E-state index is -0.268. The van der Waals surface area contributed by atoms with Gasteiger partial charge in [0.2, 0.25) is 0 Å². The number of hydrogen-bond acceptors (Lipinski definition) is 4. The fraction of sp³-hybridized carbons (Fsp3) is 0.462. The molecule has 0 unspecified atom stereocenters. The van der Waals surface area contributed by atoms with Crippen LogP contribution in [0.2, 0.25) is 0 Å². The summed E-state index contributed by atoms with van der Waals surface area (Å²) in [7, 11) is 0. The zero-order valence-electron chi connectivity index (χ0n) is 10.8. The first-order chi connectivity index (χ1) is 9.08. The van der Waals surface area contributed by atoms with Crippen LogP contribution in [0.3, 0.4) is 0 Å². The molecule has 0 fully saturated rings. The van der Waals surface area contributed by atoms with Crippen molar-refractivity contribution in [2.75, 3.05) is 32.9 Å². The molecule has 6 heteroatoms. The van der Waals surface area contributed by atoms with E-state index >= 15 is 0 Å². The van der Waals surface area contributed by atoms with E-state index in [-0.39, 0.29) is 38.8 Å². The molecular formula is C13H18BrNO4. The molecular weight excluding hydrogens is 314 g/mol. The number of carbonyl (C=O) groups is 1. The maximum atomic E-state index is 11.8. The molecule has 0 aliphatic heterocycles. The van der Waals surface area contributed by atoms with Crippen LogP contribution in [0.5, 0.6) is 5.75 Å². The van der Waals surface area contributed by atoms with Crippen LogP contribution >= 0.6 is 15.9 Å². The summed E-state index contributed by atoms with van der Waals surface area (Å²) in [6.45, 7) is 1.95. The number of carbonyl (C=O) groups excluding carboxylic acids is 1. The van der Waals surface area contributed by atoms with Crippen molar-refractivity contribution in [2.45, 2.75) is 6.92 Å². The SMILES string of the molecule is Cc1ccc(OCC(=O)N(CCO)CCO)c(Br)c1. The number of hydrogen-bond donors (Lipinski definition) is 2. The topological polar surface area (TPSA) is 70.0 Å². The van der Waals surface area contributed by atoms with Gasteiger partial charge in [0.15, 0.2) is 6.61 Å². The van der Waals surface area contributed by atoms with Gasteiger partial charge >= 0.3 is 0 Å². The zero-order valence-corrected chi connectivity index (χ0v) is 12.4. The van der Waals surface area contributed by atoms with Crippen LogP contribution in [0.15, 0.2) is 22.7 Å². The third-order valence-electron chi connectivity index (χ3n) is 2.53. The van der Waals surface area contributed by atoms with E-state index in [1.807, 2.05) is 19.1 Å². The van der Waals surface area contributed by atoms with E-state index in [0.717, 1.165) is 10.0 Å². The van der Waals surface area contributed by atoms with E-state index in [0.29, 0.717) is 5.75 Å². The monoisotopic (exact) mass is 331 g/mol. The molecule has 1 amide bonds. The first-order valence-corrected chi connectivity index (χ1v) is 6.76. The first-order valence-electron chi connectivity index (χ1n) is 5.97. The van der Waals surface area contributed by atoms with Gasteiger partial charge < -0.3 is 19.8 Å². The number of aliphatic hydroxyl groups is 2. The van der Waals surface area contributed by atoms with Gasteiger partial charge in [0.05, 0.1) is 17.7 Å². The summed E-state index contributed by atoms with van der Waals surface area (Å²) in [6, 6.07) is 5.58. The van der Waals surface area contributed by atoms with Gasteiger partial charge in [-0.2, -0.15) is 0 Å². The molecule has 0 radical (unpaired) electrons. The van der Waals surface area contributed by atoms with Crippen LogP contribution in [0.4, 0.5) is 0 Å². The fourth-order valence-corrected chi connectivity index (χ4v) is 2.16. The van der Waals surface area contributed by atoms with Crippen molar-refractivity contribution < 1.29 is 19.7 Å². The summed E-state index contributed by atoms with van der Waals surface area (Å²) < 4.78 is 6.21. The smallest absolute Gasteiger partial charge is 0.260 e. The van der Waals surface area contributed by atoms with Gasteiger partial charge in [0.1, 0.15) is 5.75 Å². The van der Waals surface area contributed by atoms with Crippen LogP contribution in [0.1, 0.15) is 5.56 Å². The molecule has 106 valence electrons. The van der Waals surface area contributed by atoms with Gasteiger partial charge in [0, 0.05) is 13.1 Å². The Morgan fingerprint density at radius 2 is 1.95 bits per heavy atom. The Bertz CT molecular complexity index is 419. The van der Waals surface area contributed by atoms with Gasteiger partial charge in [-0.1, -0.05) is 6.07 Å². The first kappa shape index (κ1) is 15.9. The largest absolute Gasteiger partial charge is 0.483 e. The molecule has 0 aliphatic carbocycles. The molecule has 0 saturated heterocycles. The Balaban J connectivity index is 2.56. The number of amides is 1. The molecule has 1 aromatic carbocycles. The van der Waals surface area contributed by atoms with E-state index in [2.05, 4.69) is 15.9 Å². The molecule has 0 bridgehead atoms. The molecule has 0 aliphatic rings. The van der Waals surface area contributed by atoms with Crippen molar-refractivity contribution in [1.82, 2.24) is 4.90 Å². The van der Waals surface area contributed by atoms with E-state index in [9.17, 15) is 4.79 Å². The Hall–Kier alpha value is -1.11. The highest BCUT2D eigenvalue weighted by atomic mass is 79.9. The standard InChI is InChI=1S/C13H18BrNO4/c1-10-2-3-12(11(14)8-10)19-9-13(18)15(4-6-16)5-7-17/h2-3,8,16-17H,4-7,9H2,1H3. The maximum absolute atomic E-state index is 11.8. The molecule has 5 nitrogen and oxygen atoms in total. The predicted molar refractivity (Wildman–Crippen MR) is 75.1 cm³/mol. The lowest BCUT2D eigenvalue weighted by Gasteiger charge is -2.20. The van der Waals surface area contributed by atoms with Gasteiger partial charge in [-0.15, -0.1) is 0 Å². The molecule has 1 rings (SSSR count). The maximum Gasteiger partial charge on any atom is 0.260 e. The second-order valence-electron chi connectivity index (χ2n) is 4.05. The average molecular weight is 332 g/mol. The lowest BCUT2D eigenvalue weighted by molar-refractivity contribution is -0.134. The Morgan fingerprint density at radius 3 is 2.47 bits per heavy atom. The molecule has 0 spiro atoms. The highest BCUT2D eigenvalue weighted by Gasteiger charge is 2.13. The number of rotatable bonds is 7. The molecule has 0 saturated carbocycles. The Labute approximate surface area is 120 Å². The van der Waals surface area contributed by atoms with E-state index in [1.54, 1.807) is 6.07 Å². The zero-order chi connectivity index (χ0) is 14.3. The Morgan fingerprint density at radius 1 is 1.32 bits per heavy atom. The average Bonchev–Trinajstić information content (AvgIpc) is 2.37. The summed E-state index contributed by atoms with van der Waals surface area (Å²) >= 11 is 3.37. The van der Waals surface area contributed by atoms with E-state index in [1.165, 1.54) is 4.90 Å². The summed E-state index contributed by atoms with van der Waals surface area (Å²) in [5, 5.41) is 17.7. The molecule has 0 atom stereocenters. The lowest BCUT2D eigenvalue weighted by atomic mass is 10.2. The quantitative estimate of drug-likeness (QED) is 0.780. The molecule has 19 heavy (non-hydrogen) atoms. The fourth-order valence-electron chi connectivity index (χ4n) is 1.56. The van der Waals surface area contributed by atoms with E-state index in [4.69, 9.17) is 14.9 Å². The van der Waals surface area contributed by atoms with Crippen LogP contribution in [0.25, 0.3) is 0 Å². The second kappa shape index (κ2) is 8.14. The third kappa shape index (κ3) is 5.18. The Kier molecular flexibility index (Phi) is 6.83. The van der Waals surface area contributed by atoms with Crippen LogP contribution in [-0.2, 0) is 4.79 Å². The highest BCUT2D eigenvalue weighted by molar-refractivity contribution is 9.10. The van der Waals surface area contributed by atoms with Gasteiger partial charge in [0.25, 0.3) is 5.91 Å². The van der Waals surface area contributed by atoms with Crippen LogP contribution in [-0.4, -0.2) is 53.9 Å². The minimum absolute atomic E-state index is 0.123. The molecule has 2 N–H and O–H groups in total. The number of aryl methyl sites for hydroxylation is 1. The van der Waals surface area contributed by atoms with Crippen molar-refractivity contribution in [3.8, 4) is 5.75 Å². The molecule has 1 aromatic rings. The number of nitrogens with zero attached hydrogens (tertiary/aromatic N) is 1. The summed E-state index contributed by atoms with van der Waals surface area (Å²) in [5.74, 6) is 0.322. The molecule has 0 aromatic heterocycles. The summed E-state index contributed by atoms with van der Waals surface area (Å²) in [4.78, 5) is 13.2. The van der Waals surface area contributed by atoms with Crippen molar-refractivity contribution in [3.63, 3.8) is 0 Å². The van der Waals surface area contributed by atoms with Crippen molar-refractivity contribution in [3.05, 3.63) is 28.2 Å². The summed E-state index contributed by atoms with van der Waals surface area (Å²) in [6.07, 6.45) is 0. The normalized spacial score (nSPS) is 10.3.